The van der Waals surface area contributed by atoms with Gasteiger partial charge in [-0.2, -0.15) is 70.2 Å². The summed E-state index contributed by atoms with van der Waals surface area (Å²) in [6, 6.07) is 0. The lowest BCUT2D eigenvalue weighted by Gasteiger charge is -2.43. The van der Waals surface area contributed by atoms with Crippen LogP contribution in [0.25, 0.3) is 0 Å². The second-order valence-electron chi connectivity index (χ2n) is 6.38. The molecule has 0 aromatic rings. The van der Waals surface area contributed by atoms with Gasteiger partial charge in [0, 0.05) is 6.42 Å². The Morgan fingerprint density at radius 2 is 0.839 bits per heavy atom. The van der Waals surface area contributed by atoms with Crippen LogP contribution in [0.1, 0.15) is 33.1 Å². The maximum absolute atomic E-state index is 13.5. The van der Waals surface area contributed by atoms with Crippen LogP contribution in [0.3, 0.4) is 0 Å². The zero-order chi connectivity index (χ0) is 25.5. The van der Waals surface area contributed by atoms with Crippen LogP contribution >= 0.6 is 0 Å². The lowest BCUT2D eigenvalue weighted by Crippen LogP contribution is -2.74. The minimum absolute atomic E-state index is 0.128. The number of unbranched alkanes of at least 4 members (excludes halogenated alkanes) is 1. The van der Waals surface area contributed by atoms with Crippen LogP contribution in [0.4, 0.5) is 70.2 Å². The molecule has 0 unspecified atom stereocenters. The molecule has 31 heavy (non-hydrogen) atoms. The lowest BCUT2D eigenvalue weighted by atomic mass is 9.86. The molecule has 0 spiro atoms. The molecule has 0 aliphatic heterocycles. The Balaban J connectivity index is 6.69. The second kappa shape index (κ2) is 8.19. The van der Waals surface area contributed by atoms with Gasteiger partial charge in [-0.3, -0.25) is 0 Å². The fourth-order valence-electron chi connectivity index (χ4n) is 2.10. The quantitative estimate of drug-likeness (QED) is 0.201. The van der Waals surface area contributed by atoms with Crippen LogP contribution in [-0.2, 0) is 0 Å². The summed E-state index contributed by atoms with van der Waals surface area (Å²) in [5.41, 5.74) is 0. The highest BCUT2D eigenvalue weighted by Gasteiger charge is 2.94. The minimum atomic E-state index is -8.36. The average Bonchev–Trinajstić information content (AvgIpc) is 2.58. The molecule has 0 aliphatic carbocycles. The standard InChI is InChI=1S/C15H14F16/c1-3-5-7-9(18,19)11(22,23)13(26,27)15(30,31)14(28,29)12(24,25)10(20,21)8(16,17)6-4-2/h4,6H,3,5,7H2,1-2H3/b6-4+. The molecule has 0 amide bonds. The Bertz CT molecular complexity index is 645. The molecule has 0 aromatic carbocycles. The summed E-state index contributed by atoms with van der Waals surface area (Å²) in [5, 5.41) is 0. The monoisotopic (exact) mass is 498 g/mol. The molecular weight excluding hydrogens is 484 g/mol. The van der Waals surface area contributed by atoms with Crippen molar-refractivity contribution in [1.82, 2.24) is 0 Å². The molecule has 0 saturated carbocycles. The van der Waals surface area contributed by atoms with Gasteiger partial charge in [-0.15, -0.1) is 0 Å². The van der Waals surface area contributed by atoms with Crippen molar-refractivity contribution in [1.29, 1.82) is 0 Å². The number of alkyl halides is 16. The second-order valence-corrected chi connectivity index (χ2v) is 6.38. The highest BCUT2D eigenvalue weighted by atomic mass is 19.4. The van der Waals surface area contributed by atoms with Gasteiger partial charge in [-0.1, -0.05) is 19.4 Å². The Morgan fingerprint density at radius 1 is 0.516 bits per heavy atom. The van der Waals surface area contributed by atoms with E-state index in [4.69, 9.17) is 0 Å². The molecule has 0 N–H and O–H groups in total. The summed E-state index contributed by atoms with van der Waals surface area (Å²) in [7, 11) is 0. The van der Waals surface area contributed by atoms with E-state index in [9.17, 15) is 70.2 Å². The zero-order valence-corrected chi connectivity index (χ0v) is 15.3. The molecule has 0 atom stereocenters. The Kier molecular flexibility index (Phi) is 7.83. The maximum atomic E-state index is 13.5. The Labute approximate surface area is 164 Å². The molecule has 0 aromatic heterocycles. The third-order valence-electron chi connectivity index (χ3n) is 4.07. The molecule has 0 fully saturated rings. The smallest absolute Gasteiger partial charge is 0.200 e. The van der Waals surface area contributed by atoms with E-state index in [0.29, 0.717) is 6.92 Å². The first-order valence-electron chi connectivity index (χ1n) is 8.03. The summed E-state index contributed by atoms with van der Waals surface area (Å²) >= 11 is 0. The topological polar surface area (TPSA) is 0 Å². The van der Waals surface area contributed by atoms with Gasteiger partial charge in [0.1, 0.15) is 0 Å². The van der Waals surface area contributed by atoms with Crippen LogP contribution < -0.4 is 0 Å². The summed E-state index contributed by atoms with van der Waals surface area (Å²) < 4.78 is 215. The number of rotatable bonds is 11. The van der Waals surface area contributed by atoms with Crippen LogP contribution in [0.5, 0.6) is 0 Å². The molecule has 0 rings (SSSR count). The molecule has 0 nitrogen and oxygen atoms in total. The highest BCUT2D eigenvalue weighted by molar-refractivity contribution is 5.18. The molecule has 0 aliphatic rings. The van der Waals surface area contributed by atoms with Crippen LogP contribution in [0.15, 0.2) is 12.2 Å². The first-order valence-corrected chi connectivity index (χ1v) is 8.03. The average molecular weight is 498 g/mol. The first kappa shape index (κ1) is 29.6. The van der Waals surface area contributed by atoms with Crippen molar-refractivity contribution in [3.05, 3.63) is 12.2 Å². The Hall–Kier alpha value is -1.38. The molecular formula is C15H14F16. The van der Waals surface area contributed by atoms with Crippen LogP contribution in [-0.4, -0.2) is 47.4 Å². The van der Waals surface area contributed by atoms with Crippen molar-refractivity contribution >= 4 is 0 Å². The van der Waals surface area contributed by atoms with Gasteiger partial charge in [0.15, 0.2) is 0 Å². The predicted molar refractivity (Wildman–Crippen MR) is 73.9 cm³/mol. The van der Waals surface area contributed by atoms with Crippen molar-refractivity contribution in [2.75, 3.05) is 0 Å². The van der Waals surface area contributed by atoms with Crippen molar-refractivity contribution in [2.24, 2.45) is 0 Å². The number of allylic oxidation sites excluding steroid dienone is 2. The largest absolute Gasteiger partial charge is 0.385 e. The van der Waals surface area contributed by atoms with Crippen molar-refractivity contribution in [2.45, 2.75) is 80.5 Å². The van der Waals surface area contributed by atoms with Gasteiger partial charge >= 0.3 is 47.4 Å². The maximum Gasteiger partial charge on any atom is 0.385 e. The fourth-order valence-corrected chi connectivity index (χ4v) is 2.10. The predicted octanol–water partition coefficient (Wildman–Crippen LogP) is 7.84. The van der Waals surface area contributed by atoms with Gasteiger partial charge in [0.2, 0.25) is 0 Å². The van der Waals surface area contributed by atoms with E-state index in [1.54, 1.807) is 0 Å². The van der Waals surface area contributed by atoms with E-state index in [0.717, 1.165) is 6.92 Å². The Morgan fingerprint density at radius 3 is 1.16 bits per heavy atom. The van der Waals surface area contributed by atoms with Crippen molar-refractivity contribution in [3.8, 4) is 0 Å². The number of halogens is 16. The van der Waals surface area contributed by atoms with Gasteiger partial charge in [-0.05, 0) is 19.4 Å². The molecule has 0 saturated heterocycles. The van der Waals surface area contributed by atoms with Gasteiger partial charge in [-0.25, -0.2) is 0 Å². The lowest BCUT2D eigenvalue weighted by molar-refractivity contribution is -0.451. The van der Waals surface area contributed by atoms with Crippen molar-refractivity contribution in [3.63, 3.8) is 0 Å². The van der Waals surface area contributed by atoms with E-state index in [2.05, 4.69) is 0 Å². The highest BCUT2D eigenvalue weighted by Crippen LogP contribution is 2.64. The minimum Gasteiger partial charge on any atom is -0.200 e. The zero-order valence-electron chi connectivity index (χ0n) is 15.3. The van der Waals surface area contributed by atoms with Crippen LogP contribution in [0, 0.1) is 0 Å². The third kappa shape index (κ3) is 4.07. The van der Waals surface area contributed by atoms with Gasteiger partial charge in [0.25, 0.3) is 0 Å². The number of hydrogen-bond donors (Lipinski definition) is 0. The van der Waals surface area contributed by atoms with E-state index in [-0.39, 0.29) is 6.08 Å². The molecule has 0 heterocycles. The van der Waals surface area contributed by atoms with Gasteiger partial charge in [0.05, 0.1) is 0 Å². The van der Waals surface area contributed by atoms with Crippen LogP contribution in [0.2, 0.25) is 0 Å². The summed E-state index contributed by atoms with van der Waals surface area (Å²) in [6.07, 6.45) is -5.09. The van der Waals surface area contributed by atoms with Crippen molar-refractivity contribution < 1.29 is 70.2 Å². The third-order valence-corrected chi connectivity index (χ3v) is 4.07. The summed E-state index contributed by atoms with van der Waals surface area (Å²) in [4.78, 5) is 0. The summed E-state index contributed by atoms with van der Waals surface area (Å²) in [5.74, 6) is -60.5. The molecule has 16 heteroatoms. The molecule has 0 radical (unpaired) electrons. The van der Waals surface area contributed by atoms with E-state index >= 15 is 0 Å². The van der Waals surface area contributed by atoms with E-state index in [1.165, 1.54) is 0 Å². The summed E-state index contributed by atoms with van der Waals surface area (Å²) in [6.45, 7) is 1.49. The SMILES string of the molecule is C/C=C/C(F)(F)C(F)(F)C(F)(F)C(F)(F)C(F)(F)C(F)(F)C(F)(F)C(F)(F)CCCC. The first-order chi connectivity index (χ1) is 13.4. The number of hydrogen-bond acceptors (Lipinski definition) is 0. The normalized spacial score (nSPS) is 16.3. The molecule has 186 valence electrons. The fraction of sp³-hybridized carbons (Fsp3) is 0.867. The van der Waals surface area contributed by atoms with E-state index < -0.39 is 72.7 Å². The van der Waals surface area contributed by atoms with Gasteiger partial charge < -0.3 is 0 Å². The molecule has 0 bridgehead atoms. The van der Waals surface area contributed by atoms with E-state index in [1.807, 2.05) is 0 Å².